The van der Waals surface area contributed by atoms with E-state index >= 15 is 0 Å². The van der Waals surface area contributed by atoms with E-state index in [9.17, 15) is 4.79 Å². The normalized spacial score (nSPS) is 20.3. The molecule has 0 amide bonds. The Hall–Kier alpha value is -1.53. The first-order valence-electron chi connectivity index (χ1n) is 8.28. The smallest absolute Gasteiger partial charge is 0.327 e. The average Bonchev–Trinajstić information content (AvgIpc) is 3.06. The van der Waals surface area contributed by atoms with Gasteiger partial charge in [0.15, 0.2) is 4.75 Å². The van der Waals surface area contributed by atoms with Crippen molar-refractivity contribution in [2.24, 2.45) is 5.10 Å². The van der Waals surface area contributed by atoms with Crippen molar-refractivity contribution < 1.29 is 14.3 Å². The largest absolute Gasteiger partial charge is 0.468 e. The molecule has 24 heavy (non-hydrogen) atoms. The molecule has 1 aliphatic rings. The predicted octanol–water partition coefficient (Wildman–Crippen LogP) is 3.20. The predicted molar refractivity (Wildman–Crippen MR) is 97.4 cm³/mol. The van der Waals surface area contributed by atoms with Crippen LogP contribution in [0.15, 0.2) is 40.3 Å². The highest BCUT2D eigenvalue weighted by atomic mass is 32.2. The molecular formula is C18H26N2O3S. The van der Waals surface area contributed by atoms with Crippen molar-refractivity contribution >= 4 is 23.9 Å². The van der Waals surface area contributed by atoms with Gasteiger partial charge in [-0.25, -0.2) is 0 Å². The van der Waals surface area contributed by atoms with E-state index in [2.05, 4.69) is 5.10 Å². The highest BCUT2D eigenvalue weighted by Crippen LogP contribution is 2.36. The summed E-state index contributed by atoms with van der Waals surface area (Å²) in [7, 11) is 3.13. The van der Waals surface area contributed by atoms with Crippen molar-refractivity contribution in [3.63, 3.8) is 0 Å². The van der Waals surface area contributed by atoms with Crippen LogP contribution in [0.25, 0.3) is 0 Å². The number of hydrazone groups is 1. The Balaban J connectivity index is 2.22. The maximum Gasteiger partial charge on any atom is 0.327 e. The monoisotopic (exact) mass is 350 g/mol. The molecule has 1 fully saturated rings. The second kappa shape index (κ2) is 9.08. The van der Waals surface area contributed by atoms with Gasteiger partial charge in [-0.2, -0.15) is 5.10 Å². The first kappa shape index (κ1) is 18.8. The summed E-state index contributed by atoms with van der Waals surface area (Å²) in [5.41, 5.74) is 0. The van der Waals surface area contributed by atoms with Crippen LogP contribution >= 0.6 is 11.8 Å². The molecule has 1 heterocycles. The molecule has 0 saturated carbocycles. The number of methoxy groups -OCH3 is 2. The Labute approximate surface area is 148 Å². The third-order valence-electron chi connectivity index (χ3n) is 4.22. The average molecular weight is 350 g/mol. The van der Waals surface area contributed by atoms with Crippen molar-refractivity contribution in [1.82, 2.24) is 5.01 Å². The molecule has 132 valence electrons. The number of ether oxygens (including phenoxy) is 2. The van der Waals surface area contributed by atoms with E-state index in [0.717, 1.165) is 24.3 Å². The van der Waals surface area contributed by atoms with Crippen LogP contribution in [-0.4, -0.2) is 55.4 Å². The van der Waals surface area contributed by atoms with Crippen LogP contribution in [-0.2, 0) is 14.3 Å². The van der Waals surface area contributed by atoms with E-state index < -0.39 is 4.75 Å². The molecule has 0 N–H and O–H groups in total. The molecule has 0 bridgehead atoms. The van der Waals surface area contributed by atoms with Gasteiger partial charge in [0.1, 0.15) is 0 Å². The summed E-state index contributed by atoms with van der Waals surface area (Å²) in [6.07, 6.45) is 4.51. The van der Waals surface area contributed by atoms with Crippen LogP contribution in [0.3, 0.4) is 0 Å². The molecule has 2 rings (SSSR count). The molecule has 1 saturated heterocycles. The van der Waals surface area contributed by atoms with Gasteiger partial charge in [0.2, 0.25) is 0 Å². The third kappa shape index (κ3) is 4.51. The minimum Gasteiger partial charge on any atom is -0.468 e. The van der Waals surface area contributed by atoms with Crippen molar-refractivity contribution in [2.75, 3.05) is 27.4 Å². The first-order chi connectivity index (χ1) is 11.6. The summed E-state index contributed by atoms with van der Waals surface area (Å²) in [4.78, 5) is 13.5. The fraction of sp³-hybridized carbons (Fsp3) is 0.556. The summed E-state index contributed by atoms with van der Waals surface area (Å²) in [5, 5.41) is 6.67. The highest BCUT2D eigenvalue weighted by molar-refractivity contribution is 8.02. The van der Waals surface area contributed by atoms with Crippen molar-refractivity contribution in [3.8, 4) is 0 Å². The van der Waals surface area contributed by atoms with Gasteiger partial charge < -0.3 is 9.47 Å². The van der Waals surface area contributed by atoms with Crippen LogP contribution < -0.4 is 0 Å². The number of esters is 1. The molecule has 0 unspecified atom stereocenters. The lowest BCUT2D eigenvalue weighted by molar-refractivity contribution is -0.141. The Bertz CT molecular complexity index is 552. The second-order valence-corrected chi connectivity index (χ2v) is 7.21. The number of rotatable bonds is 8. The quantitative estimate of drug-likeness (QED) is 0.409. The molecule has 0 aromatic heterocycles. The van der Waals surface area contributed by atoms with Gasteiger partial charge >= 0.3 is 5.97 Å². The molecule has 0 aliphatic carbocycles. The SMILES string of the molecule is CC[C@](/C=N/N1CCC[C@H]1COC)(Sc1ccccc1)C(=O)OC. The number of nitrogens with zero attached hydrogens (tertiary/aromatic N) is 2. The van der Waals surface area contributed by atoms with Crippen molar-refractivity contribution in [2.45, 2.75) is 41.9 Å². The molecular weight excluding hydrogens is 324 g/mol. The molecule has 1 aromatic carbocycles. The number of hydrogen-bond acceptors (Lipinski definition) is 6. The maximum atomic E-state index is 12.5. The second-order valence-electron chi connectivity index (χ2n) is 5.81. The zero-order valence-electron chi connectivity index (χ0n) is 14.6. The van der Waals surface area contributed by atoms with Crippen molar-refractivity contribution in [1.29, 1.82) is 0 Å². The van der Waals surface area contributed by atoms with E-state index in [1.165, 1.54) is 18.9 Å². The van der Waals surface area contributed by atoms with E-state index in [1.807, 2.05) is 42.3 Å². The number of hydrogen-bond donors (Lipinski definition) is 0. The third-order valence-corrected chi connectivity index (χ3v) is 5.65. The lowest BCUT2D eigenvalue weighted by atomic mass is 10.1. The summed E-state index contributed by atoms with van der Waals surface area (Å²) in [6.45, 7) is 3.53. The lowest BCUT2D eigenvalue weighted by Crippen LogP contribution is -2.39. The van der Waals surface area contributed by atoms with Gasteiger partial charge in [0.05, 0.1) is 26.0 Å². The molecule has 1 aliphatic heterocycles. The van der Waals surface area contributed by atoms with Gasteiger partial charge in [-0.1, -0.05) is 25.1 Å². The van der Waals surface area contributed by atoms with Crippen LogP contribution in [0.4, 0.5) is 0 Å². The number of carbonyl (C=O) groups is 1. The molecule has 0 spiro atoms. The molecule has 0 radical (unpaired) electrons. The standard InChI is InChI=1S/C18H26N2O3S/c1-4-18(17(21)23-3,24-16-10-6-5-7-11-16)14-19-20-12-8-9-15(20)13-22-2/h5-7,10-11,14-15H,4,8-9,12-13H2,1-3H3/b19-14+/t15-,18+/m0/s1. The van der Waals surface area contributed by atoms with Crippen molar-refractivity contribution in [3.05, 3.63) is 30.3 Å². The Morgan fingerprint density at radius 3 is 2.79 bits per heavy atom. The summed E-state index contributed by atoms with van der Waals surface area (Å²) in [5.74, 6) is -0.273. The van der Waals surface area contributed by atoms with E-state index in [4.69, 9.17) is 9.47 Å². The fourth-order valence-electron chi connectivity index (χ4n) is 2.80. The van der Waals surface area contributed by atoms with Gasteiger partial charge in [0.25, 0.3) is 0 Å². The zero-order chi connectivity index (χ0) is 17.4. The Morgan fingerprint density at radius 1 is 1.42 bits per heavy atom. The van der Waals surface area contributed by atoms with E-state index in [1.54, 1.807) is 13.3 Å². The van der Waals surface area contributed by atoms with E-state index in [0.29, 0.717) is 13.0 Å². The fourth-order valence-corrected chi connectivity index (χ4v) is 3.93. The Kier molecular flexibility index (Phi) is 7.12. The van der Waals surface area contributed by atoms with E-state index in [-0.39, 0.29) is 12.0 Å². The van der Waals surface area contributed by atoms with Gasteiger partial charge in [-0.15, -0.1) is 11.8 Å². The van der Waals surface area contributed by atoms with Gasteiger partial charge in [0, 0.05) is 18.6 Å². The minimum absolute atomic E-state index is 0.273. The molecule has 2 atom stereocenters. The Morgan fingerprint density at radius 2 is 2.17 bits per heavy atom. The molecule has 5 nitrogen and oxygen atoms in total. The zero-order valence-corrected chi connectivity index (χ0v) is 15.4. The number of benzene rings is 1. The van der Waals surface area contributed by atoms with Crippen LogP contribution in [0, 0.1) is 0 Å². The minimum atomic E-state index is -0.823. The number of carbonyl (C=O) groups excluding carboxylic acids is 1. The molecule has 6 heteroatoms. The summed E-state index contributed by atoms with van der Waals surface area (Å²) < 4.78 is 9.52. The number of thioether (sulfide) groups is 1. The summed E-state index contributed by atoms with van der Waals surface area (Å²) in [6, 6.07) is 10.2. The highest BCUT2D eigenvalue weighted by Gasteiger charge is 2.38. The first-order valence-corrected chi connectivity index (χ1v) is 9.10. The van der Waals surface area contributed by atoms with Crippen LogP contribution in [0.1, 0.15) is 26.2 Å². The lowest BCUT2D eigenvalue weighted by Gasteiger charge is -2.27. The molecule has 1 aromatic rings. The maximum absolute atomic E-state index is 12.5. The van der Waals surface area contributed by atoms with Gasteiger partial charge in [-0.3, -0.25) is 9.80 Å². The van der Waals surface area contributed by atoms with Gasteiger partial charge in [-0.05, 0) is 31.4 Å². The van der Waals surface area contributed by atoms with Crippen LogP contribution in [0.2, 0.25) is 0 Å². The summed E-state index contributed by atoms with van der Waals surface area (Å²) >= 11 is 1.49. The van der Waals surface area contributed by atoms with Crippen LogP contribution in [0.5, 0.6) is 0 Å². The topological polar surface area (TPSA) is 51.1 Å².